The van der Waals surface area contributed by atoms with Gasteiger partial charge in [-0.15, -0.1) is 0 Å². The minimum atomic E-state index is -0.502. The molecule has 7 heteroatoms. The van der Waals surface area contributed by atoms with Gasteiger partial charge in [-0.25, -0.2) is 4.79 Å². The number of amides is 1. The van der Waals surface area contributed by atoms with Gasteiger partial charge in [0.25, 0.3) is 5.56 Å². The number of nitrogens with zero attached hydrogens (tertiary/aromatic N) is 2. The first kappa shape index (κ1) is 14.5. The summed E-state index contributed by atoms with van der Waals surface area (Å²) in [6, 6.07) is 1.17. The van der Waals surface area contributed by atoms with E-state index in [2.05, 4.69) is 5.32 Å². The van der Waals surface area contributed by atoms with Gasteiger partial charge < -0.3 is 10.1 Å². The van der Waals surface area contributed by atoms with Crippen LogP contribution in [0.15, 0.2) is 21.9 Å². The van der Waals surface area contributed by atoms with Crippen molar-refractivity contribution in [2.75, 3.05) is 6.61 Å². The molecule has 1 saturated heterocycles. The maximum Gasteiger partial charge on any atom is 0.331 e. The molecule has 2 rings (SSSR count). The number of carbonyl (C=O) groups excluding carboxylic acids is 1. The van der Waals surface area contributed by atoms with E-state index in [0.29, 0.717) is 0 Å². The van der Waals surface area contributed by atoms with Gasteiger partial charge in [-0.1, -0.05) is 0 Å². The predicted octanol–water partition coefficient (Wildman–Crippen LogP) is -0.769. The Hall–Kier alpha value is -1.89. The fraction of sp³-hybridized carbons (Fsp3) is 0.615. The Labute approximate surface area is 116 Å². The lowest BCUT2D eigenvalue weighted by Gasteiger charge is -2.20. The molecule has 1 aliphatic rings. The van der Waals surface area contributed by atoms with Crippen molar-refractivity contribution in [3.63, 3.8) is 0 Å². The predicted molar refractivity (Wildman–Crippen MR) is 72.5 cm³/mol. The van der Waals surface area contributed by atoms with E-state index < -0.39 is 5.69 Å². The summed E-state index contributed by atoms with van der Waals surface area (Å²) in [6.07, 6.45) is 3.31. The van der Waals surface area contributed by atoms with Crippen molar-refractivity contribution in [3.05, 3.63) is 33.1 Å². The van der Waals surface area contributed by atoms with E-state index in [1.807, 2.05) is 6.92 Å². The highest BCUT2D eigenvalue weighted by atomic mass is 16.5. The molecule has 0 bridgehead atoms. The van der Waals surface area contributed by atoms with Crippen LogP contribution in [0, 0.1) is 0 Å². The zero-order valence-corrected chi connectivity index (χ0v) is 11.7. The molecule has 1 N–H and O–H groups in total. The number of hydrogen-bond donors (Lipinski definition) is 1. The lowest BCUT2D eigenvalue weighted by molar-refractivity contribution is -0.123. The van der Waals surface area contributed by atoms with Crippen LogP contribution >= 0.6 is 0 Å². The molecule has 0 radical (unpaired) electrons. The van der Waals surface area contributed by atoms with E-state index in [4.69, 9.17) is 4.74 Å². The molecule has 0 spiro atoms. The van der Waals surface area contributed by atoms with E-state index >= 15 is 0 Å². The van der Waals surface area contributed by atoms with Crippen LogP contribution in [0.5, 0.6) is 0 Å². The SMILES string of the molecule is C[C@@H](NC(=O)Cn1ccc(=O)n(C)c1=O)[C@H]1CCCO1. The van der Waals surface area contributed by atoms with Gasteiger partial charge in [0.1, 0.15) is 6.54 Å². The Morgan fingerprint density at radius 2 is 2.30 bits per heavy atom. The van der Waals surface area contributed by atoms with Crippen molar-refractivity contribution < 1.29 is 9.53 Å². The van der Waals surface area contributed by atoms with Gasteiger partial charge in [0, 0.05) is 25.9 Å². The first-order chi connectivity index (χ1) is 9.49. The lowest BCUT2D eigenvalue weighted by Crippen LogP contribution is -2.45. The number of carbonyl (C=O) groups is 1. The van der Waals surface area contributed by atoms with Gasteiger partial charge in [-0.2, -0.15) is 0 Å². The highest BCUT2D eigenvalue weighted by molar-refractivity contribution is 5.76. The van der Waals surface area contributed by atoms with Gasteiger partial charge in [-0.05, 0) is 19.8 Å². The van der Waals surface area contributed by atoms with Crippen LogP contribution in [0.3, 0.4) is 0 Å². The first-order valence-electron chi connectivity index (χ1n) is 6.66. The first-order valence-corrected chi connectivity index (χ1v) is 6.66. The van der Waals surface area contributed by atoms with Gasteiger partial charge in [0.15, 0.2) is 0 Å². The van der Waals surface area contributed by atoms with Gasteiger partial charge in [-0.3, -0.25) is 18.7 Å². The quantitative estimate of drug-likeness (QED) is 0.785. The molecule has 1 aromatic rings. The maximum absolute atomic E-state index is 11.9. The largest absolute Gasteiger partial charge is 0.376 e. The Kier molecular flexibility index (Phi) is 4.39. The zero-order valence-electron chi connectivity index (χ0n) is 11.7. The molecule has 1 amide bonds. The highest BCUT2D eigenvalue weighted by Crippen LogP contribution is 2.15. The summed E-state index contributed by atoms with van der Waals surface area (Å²) in [5.74, 6) is -0.270. The minimum Gasteiger partial charge on any atom is -0.376 e. The number of rotatable bonds is 4. The molecule has 0 saturated carbocycles. The number of hydrogen-bond acceptors (Lipinski definition) is 4. The fourth-order valence-electron chi connectivity index (χ4n) is 2.28. The molecule has 0 aromatic carbocycles. The summed E-state index contributed by atoms with van der Waals surface area (Å²) in [5.41, 5.74) is -0.892. The van der Waals surface area contributed by atoms with Crippen molar-refractivity contribution in [2.45, 2.75) is 38.5 Å². The molecule has 2 atom stereocenters. The second-order valence-corrected chi connectivity index (χ2v) is 5.03. The fourth-order valence-corrected chi connectivity index (χ4v) is 2.28. The summed E-state index contributed by atoms with van der Waals surface area (Å²) >= 11 is 0. The van der Waals surface area contributed by atoms with Crippen LogP contribution in [0.25, 0.3) is 0 Å². The van der Waals surface area contributed by atoms with E-state index in [9.17, 15) is 14.4 Å². The summed E-state index contributed by atoms with van der Waals surface area (Å²) < 4.78 is 7.67. The molecule has 1 aromatic heterocycles. The average Bonchev–Trinajstić information content (AvgIpc) is 2.93. The highest BCUT2D eigenvalue weighted by Gasteiger charge is 2.23. The molecule has 110 valence electrons. The third-order valence-electron chi connectivity index (χ3n) is 3.49. The molecule has 0 unspecified atom stereocenters. The van der Waals surface area contributed by atoms with Crippen LogP contribution in [0.2, 0.25) is 0 Å². The molecular formula is C13H19N3O4. The monoisotopic (exact) mass is 281 g/mol. The number of nitrogens with one attached hydrogen (secondary N) is 1. The number of ether oxygens (including phenoxy) is 1. The Bertz CT molecular complexity index is 598. The third kappa shape index (κ3) is 3.16. The number of aromatic nitrogens is 2. The smallest absolute Gasteiger partial charge is 0.331 e. The van der Waals surface area contributed by atoms with Gasteiger partial charge in [0.2, 0.25) is 5.91 Å². The van der Waals surface area contributed by atoms with Crippen molar-refractivity contribution in [3.8, 4) is 0 Å². The molecule has 1 fully saturated rings. The second-order valence-electron chi connectivity index (χ2n) is 5.03. The summed E-state index contributed by atoms with van der Waals surface area (Å²) in [5, 5.41) is 2.82. The summed E-state index contributed by atoms with van der Waals surface area (Å²) in [4.78, 5) is 35.0. The van der Waals surface area contributed by atoms with Crippen molar-refractivity contribution >= 4 is 5.91 Å². The average molecular weight is 281 g/mol. The summed E-state index contributed by atoms with van der Waals surface area (Å²) in [7, 11) is 1.38. The zero-order chi connectivity index (χ0) is 14.7. The second kappa shape index (κ2) is 6.04. The summed E-state index contributed by atoms with van der Waals surface area (Å²) in [6.45, 7) is 2.51. The maximum atomic E-state index is 11.9. The molecule has 7 nitrogen and oxygen atoms in total. The van der Waals surface area contributed by atoms with E-state index in [1.165, 1.54) is 23.9 Å². The van der Waals surface area contributed by atoms with Crippen LogP contribution < -0.4 is 16.6 Å². The van der Waals surface area contributed by atoms with Crippen LogP contribution in [0.1, 0.15) is 19.8 Å². The van der Waals surface area contributed by atoms with Gasteiger partial charge >= 0.3 is 5.69 Å². The van der Waals surface area contributed by atoms with Crippen molar-refractivity contribution in [1.29, 1.82) is 0 Å². The topological polar surface area (TPSA) is 82.3 Å². The van der Waals surface area contributed by atoms with Gasteiger partial charge in [0.05, 0.1) is 12.1 Å². The normalized spacial score (nSPS) is 19.8. The van der Waals surface area contributed by atoms with E-state index in [1.54, 1.807) is 0 Å². The Morgan fingerprint density at radius 1 is 1.55 bits per heavy atom. The van der Waals surface area contributed by atoms with E-state index in [0.717, 1.165) is 24.0 Å². The van der Waals surface area contributed by atoms with Crippen molar-refractivity contribution in [1.82, 2.24) is 14.5 Å². The van der Waals surface area contributed by atoms with Crippen molar-refractivity contribution in [2.24, 2.45) is 7.05 Å². The molecule has 2 heterocycles. The third-order valence-corrected chi connectivity index (χ3v) is 3.49. The van der Waals surface area contributed by atoms with Crippen LogP contribution in [0.4, 0.5) is 0 Å². The van der Waals surface area contributed by atoms with Crippen LogP contribution in [-0.4, -0.2) is 33.8 Å². The molecule has 20 heavy (non-hydrogen) atoms. The molecular weight excluding hydrogens is 262 g/mol. The Balaban J connectivity index is 1.99. The van der Waals surface area contributed by atoms with Crippen LogP contribution in [-0.2, 0) is 23.1 Å². The molecule has 0 aliphatic carbocycles. The standard InChI is InChI=1S/C13H19N3O4/c1-9(10-4-3-7-20-10)14-11(17)8-16-6-5-12(18)15(2)13(16)19/h5-6,9-10H,3-4,7-8H2,1-2H3,(H,14,17)/t9-,10-/m1/s1. The molecule has 1 aliphatic heterocycles. The van der Waals surface area contributed by atoms with E-state index in [-0.39, 0.29) is 30.2 Å². The Morgan fingerprint density at radius 3 is 2.95 bits per heavy atom. The minimum absolute atomic E-state index is 0.0378. The lowest BCUT2D eigenvalue weighted by atomic mass is 10.1.